The van der Waals surface area contributed by atoms with Gasteiger partial charge in [-0.05, 0) is 43.9 Å². The van der Waals surface area contributed by atoms with E-state index in [1.165, 1.54) is 30.6 Å². The molecular formula is C17H17Cl2NO5S2. The van der Waals surface area contributed by atoms with Crippen LogP contribution in [-0.2, 0) is 27.6 Å². The highest BCUT2D eigenvalue weighted by Gasteiger charge is 2.31. The van der Waals surface area contributed by atoms with E-state index < -0.39 is 16.0 Å². The van der Waals surface area contributed by atoms with Crippen LogP contribution in [-0.4, -0.2) is 28.1 Å². The lowest BCUT2D eigenvalue weighted by Gasteiger charge is -2.12. The molecule has 1 N–H and O–H groups in total. The summed E-state index contributed by atoms with van der Waals surface area (Å²) in [5, 5.41) is 0.0905. The van der Waals surface area contributed by atoms with Gasteiger partial charge in [-0.3, -0.25) is 4.72 Å². The highest BCUT2D eigenvalue weighted by molar-refractivity contribution is 7.93. The summed E-state index contributed by atoms with van der Waals surface area (Å²) in [5.74, 6) is -0.267. The van der Waals surface area contributed by atoms with Crippen LogP contribution in [0.25, 0.3) is 0 Å². The van der Waals surface area contributed by atoms with E-state index in [-0.39, 0.29) is 37.9 Å². The molecule has 146 valence electrons. The molecule has 0 spiro atoms. The molecule has 0 amide bonds. The van der Waals surface area contributed by atoms with Gasteiger partial charge in [-0.1, -0.05) is 23.2 Å². The summed E-state index contributed by atoms with van der Waals surface area (Å²) in [6.45, 7) is 1.91. The number of rotatable bonds is 6. The van der Waals surface area contributed by atoms with E-state index >= 15 is 0 Å². The Bertz CT molecular complexity index is 1000. The van der Waals surface area contributed by atoms with E-state index in [9.17, 15) is 13.2 Å². The second kappa shape index (κ2) is 7.87. The van der Waals surface area contributed by atoms with Crippen LogP contribution in [0.1, 0.15) is 34.1 Å². The SMILES string of the molecule is CCOC(=O)c1c(NS(=O)(=O)c2ccc(OC)c(Cl)c2Cl)sc2c1CCC2. The molecule has 3 rings (SSSR count). The van der Waals surface area contributed by atoms with Crippen LogP contribution in [0.5, 0.6) is 5.75 Å². The summed E-state index contributed by atoms with van der Waals surface area (Å²) in [6.07, 6.45) is 2.46. The third kappa shape index (κ3) is 3.76. The second-order valence-corrected chi connectivity index (χ2v) is 9.29. The Morgan fingerprint density at radius 3 is 2.67 bits per heavy atom. The number of aryl methyl sites for hydroxylation is 1. The van der Waals surface area contributed by atoms with Crippen LogP contribution < -0.4 is 9.46 Å². The predicted molar refractivity (Wildman–Crippen MR) is 106 cm³/mol. The first-order valence-corrected chi connectivity index (χ1v) is 11.2. The fraction of sp³-hybridized carbons (Fsp3) is 0.353. The minimum absolute atomic E-state index is 0.00123. The van der Waals surface area contributed by atoms with E-state index in [4.69, 9.17) is 32.7 Å². The number of ether oxygens (including phenoxy) is 2. The summed E-state index contributed by atoms with van der Waals surface area (Å²) >= 11 is 13.5. The summed E-state index contributed by atoms with van der Waals surface area (Å²) < 4.78 is 38.4. The van der Waals surface area contributed by atoms with Gasteiger partial charge in [0.2, 0.25) is 0 Å². The quantitative estimate of drug-likeness (QED) is 0.654. The Morgan fingerprint density at radius 1 is 1.26 bits per heavy atom. The van der Waals surface area contributed by atoms with Crippen LogP contribution in [0, 0.1) is 0 Å². The number of hydrogen-bond acceptors (Lipinski definition) is 6. The highest BCUT2D eigenvalue weighted by Crippen LogP contribution is 2.42. The van der Waals surface area contributed by atoms with Crippen molar-refractivity contribution < 1.29 is 22.7 Å². The zero-order chi connectivity index (χ0) is 19.8. The highest BCUT2D eigenvalue weighted by atomic mass is 35.5. The van der Waals surface area contributed by atoms with Crippen molar-refractivity contribution in [3.8, 4) is 5.75 Å². The average molecular weight is 450 g/mol. The zero-order valence-corrected chi connectivity index (χ0v) is 17.7. The first-order chi connectivity index (χ1) is 12.8. The van der Waals surface area contributed by atoms with Crippen LogP contribution in [0.2, 0.25) is 10.0 Å². The van der Waals surface area contributed by atoms with E-state index in [1.807, 2.05) is 0 Å². The topological polar surface area (TPSA) is 81.7 Å². The number of carbonyl (C=O) groups is 1. The zero-order valence-electron chi connectivity index (χ0n) is 14.6. The Balaban J connectivity index is 2.03. The van der Waals surface area contributed by atoms with Gasteiger partial charge in [-0.25, -0.2) is 13.2 Å². The number of anilines is 1. The second-order valence-electron chi connectivity index (χ2n) is 5.78. The summed E-state index contributed by atoms with van der Waals surface area (Å²) in [4.78, 5) is 13.2. The van der Waals surface area contributed by atoms with E-state index in [1.54, 1.807) is 6.92 Å². The molecule has 1 aliphatic rings. The monoisotopic (exact) mass is 449 g/mol. The van der Waals surface area contributed by atoms with Gasteiger partial charge in [0.1, 0.15) is 20.7 Å². The molecule has 10 heteroatoms. The molecule has 2 aromatic rings. The maximum Gasteiger partial charge on any atom is 0.341 e. The van der Waals surface area contributed by atoms with Gasteiger partial charge >= 0.3 is 5.97 Å². The first kappa shape index (κ1) is 20.3. The molecule has 0 saturated heterocycles. The summed E-state index contributed by atoms with van der Waals surface area (Å²) in [7, 11) is -2.66. The fourth-order valence-electron chi connectivity index (χ4n) is 2.95. The van der Waals surface area contributed by atoms with Gasteiger partial charge in [-0.15, -0.1) is 11.3 Å². The van der Waals surface area contributed by atoms with Crippen molar-refractivity contribution >= 4 is 55.5 Å². The molecule has 0 aliphatic heterocycles. The Kier molecular flexibility index (Phi) is 5.90. The van der Waals surface area contributed by atoms with Gasteiger partial charge in [0.25, 0.3) is 10.0 Å². The van der Waals surface area contributed by atoms with Crippen molar-refractivity contribution in [2.24, 2.45) is 0 Å². The molecule has 6 nitrogen and oxygen atoms in total. The number of esters is 1. The maximum absolute atomic E-state index is 12.9. The van der Waals surface area contributed by atoms with Gasteiger partial charge in [0, 0.05) is 4.88 Å². The average Bonchev–Trinajstić information content (AvgIpc) is 3.17. The first-order valence-electron chi connectivity index (χ1n) is 8.16. The normalized spacial score (nSPS) is 13.3. The summed E-state index contributed by atoms with van der Waals surface area (Å²) in [6, 6.07) is 2.73. The van der Waals surface area contributed by atoms with Gasteiger partial charge < -0.3 is 9.47 Å². The van der Waals surface area contributed by atoms with E-state index in [0.717, 1.165) is 29.7 Å². The molecule has 0 saturated carbocycles. The third-order valence-corrected chi connectivity index (χ3v) is 7.85. The molecule has 0 radical (unpaired) electrons. The van der Waals surface area contributed by atoms with Crippen molar-refractivity contribution in [3.05, 3.63) is 38.2 Å². The number of carbonyl (C=O) groups excluding carboxylic acids is 1. The lowest BCUT2D eigenvalue weighted by atomic mass is 10.1. The molecular weight excluding hydrogens is 433 g/mol. The molecule has 0 bridgehead atoms. The van der Waals surface area contributed by atoms with Gasteiger partial charge in [0.15, 0.2) is 0 Å². The molecule has 0 fully saturated rings. The number of hydrogen-bond donors (Lipinski definition) is 1. The smallest absolute Gasteiger partial charge is 0.341 e. The Hall–Kier alpha value is -1.48. The molecule has 0 unspecified atom stereocenters. The minimum Gasteiger partial charge on any atom is -0.495 e. The number of sulfonamides is 1. The van der Waals surface area contributed by atoms with Crippen molar-refractivity contribution in [1.82, 2.24) is 0 Å². The molecule has 27 heavy (non-hydrogen) atoms. The van der Waals surface area contributed by atoms with Crippen LogP contribution >= 0.6 is 34.5 Å². The standard InChI is InChI=1S/C17H17Cl2NO5S2/c1-3-25-17(21)13-9-5-4-6-11(9)26-16(13)20-27(22,23)12-8-7-10(24-2)14(18)15(12)19/h7-8,20H,3-6H2,1-2H3. The van der Waals surface area contributed by atoms with Crippen molar-refractivity contribution in [1.29, 1.82) is 0 Å². The molecule has 1 aliphatic carbocycles. The number of methoxy groups -OCH3 is 1. The lowest BCUT2D eigenvalue weighted by Crippen LogP contribution is -2.16. The largest absolute Gasteiger partial charge is 0.495 e. The van der Waals surface area contributed by atoms with Crippen molar-refractivity contribution in [3.63, 3.8) is 0 Å². The third-order valence-electron chi connectivity index (χ3n) is 4.15. The van der Waals surface area contributed by atoms with Gasteiger partial charge in [-0.2, -0.15) is 0 Å². The molecule has 1 aromatic carbocycles. The number of benzene rings is 1. The Labute approximate surface area is 171 Å². The predicted octanol–water partition coefficient (Wildman–Crippen LogP) is 4.53. The van der Waals surface area contributed by atoms with E-state index in [2.05, 4.69) is 4.72 Å². The number of thiophene rings is 1. The lowest BCUT2D eigenvalue weighted by molar-refractivity contribution is 0.0527. The molecule has 1 heterocycles. The Morgan fingerprint density at radius 2 is 2.00 bits per heavy atom. The number of fused-ring (bicyclic) bond motifs is 1. The number of halogens is 2. The molecule has 1 aromatic heterocycles. The van der Waals surface area contributed by atoms with Crippen molar-refractivity contribution in [2.45, 2.75) is 31.1 Å². The summed E-state index contributed by atoms with van der Waals surface area (Å²) in [5.41, 5.74) is 1.14. The molecule has 0 atom stereocenters. The maximum atomic E-state index is 12.9. The fourth-order valence-corrected chi connectivity index (χ4v) is 6.38. The number of nitrogens with one attached hydrogen (secondary N) is 1. The van der Waals surface area contributed by atoms with Crippen LogP contribution in [0.3, 0.4) is 0 Å². The van der Waals surface area contributed by atoms with Crippen LogP contribution in [0.4, 0.5) is 5.00 Å². The minimum atomic E-state index is -4.07. The van der Waals surface area contributed by atoms with Gasteiger partial charge in [0.05, 0.1) is 24.3 Å². The van der Waals surface area contributed by atoms with Crippen molar-refractivity contribution in [2.75, 3.05) is 18.4 Å². The van der Waals surface area contributed by atoms with E-state index in [0.29, 0.717) is 0 Å². The van der Waals surface area contributed by atoms with Crippen LogP contribution in [0.15, 0.2) is 17.0 Å².